The molecule has 0 aliphatic heterocycles. The zero-order chi connectivity index (χ0) is 14.2. The van der Waals surface area contributed by atoms with Gasteiger partial charge in [-0.15, -0.1) is 29.3 Å². The molecule has 1 N–H and O–H groups in total. The molecule has 0 aromatic carbocycles. The van der Waals surface area contributed by atoms with Gasteiger partial charge in [0.25, 0.3) is 0 Å². The van der Waals surface area contributed by atoms with Crippen LogP contribution in [0.4, 0.5) is 0 Å². The highest BCUT2D eigenvalue weighted by Gasteiger charge is 2.16. The predicted octanol–water partition coefficient (Wildman–Crippen LogP) is 4.73. The van der Waals surface area contributed by atoms with Crippen molar-refractivity contribution >= 4 is 34.3 Å². The van der Waals surface area contributed by atoms with Crippen LogP contribution in [0.3, 0.4) is 0 Å². The first-order chi connectivity index (χ1) is 9.81. The fraction of sp³-hybridized carbons (Fsp3) is 0.333. The number of nitrogens with one attached hydrogen (secondary N) is 1. The van der Waals surface area contributed by atoms with Crippen molar-refractivity contribution in [3.63, 3.8) is 0 Å². The smallest absolute Gasteiger partial charge is 0.0931 e. The summed E-state index contributed by atoms with van der Waals surface area (Å²) < 4.78 is 6.35. The molecule has 1 unspecified atom stereocenters. The lowest BCUT2D eigenvalue weighted by Crippen LogP contribution is -2.25. The molecule has 108 valence electrons. The number of hydrogen-bond acceptors (Lipinski definition) is 4. The van der Waals surface area contributed by atoms with Crippen LogP contribution < -0.4 is 5.32 Å². The van der Waals surface area contributed by atoms with E-state index in [-0.39, 0.29) is 6.04 Å². The van der Waals surface area contributed by atoms with Crippen molar-refractivity contribution in [2.75, 3.05) is 19.8 Å². The average Bonchev–Trinajstić information content (AvgIpc) is 3.10. The quantitative estimate of drug-likeness (QED) is 0.531. The molecule has 0 saturated heterocycles. The second-order valence-corrected chi connectivity index (χ2v) is 6.96. The monoisotopic (exact) mass is 327 g/mol. The molecule has 0 radical (unpaired) electrons. The lowest BCUT2D eigenvalue weighted by Gasteiger charge is -2.16. The Morgan fingerprint density at radius 2 is 2.20 bits per heavy atom. The van der Waals surface area contributed by atoms with Crippen molar-refractivity contribution in [2.45, 2.75) is 12.5 Å². The molecule has 0 bridgehead atoms. The van der Waals surface area contributed by atoms with Crippen molar-refractivity contribution < 1.29 is 4.74 Å². The summed E-state index contributed by atoms with van der Waals surface area (Å²) in [7, 11) is 0. The Morgan fingerprint density at radius 1 is 1.30 bits per heavy atom. The third kappa shape index (κ3) is 4.72. The molecule has 0 saturated carbocycles. The highest BCUT2D eigenvalue weighted by Crippen LogP contribution is 2.32. The Balaban J connectivity index is 1.89. The van der Waals surface area contributed by atoms with E-state index in [1.807, 2.05) is 12.1 Å². The summed E-state index contributed by atoms with van der Waals surface area (Å²) >= 11 is 9.42. The van der Waals surface area contributed by atoms with Crippen LogP contribution in [0.15, 0.2) is 42.3 Å². The van der Waals surface area contributed by atoms with Gasteiger partial charge >= 0.3 is 0 Å². The summed E-state index contributed by atoms with van der Waals surface area (Å²) in [5, 5.41) is 5.64. The maximum atomic E-state index is 6.04. The fourth-order valence-corrected chi connectivity index (χ4v) is 3.87. The lowest BCUT2D eigenvalue weighted by atomic mass is 10.2. The van der Waals surface area contributed by atoms with E-state index in [4.69, 9.17) is 16.3 Å². The molecule has 0 amide bonds. The largest absolute Gasteiger partial charge is 0.380 e. The van der Waals surface area contributed by atoms with E-state index >= 15 is 0 Å². The van der Waals surface area contributed by atoms with Gasteiger partial charge in [0.1, 0.15) is 0 Å². The molecule has 5 heteroatoms. The minimum Gasteiger partial charge on any atom is -0.380 e. The number of halogens is 1. The topological polar surface area (TPSA) is 21.3 Å². The highest BCUT2D eigenvalue weighted by molar-refractivity contribution is 7.16. The zero-order valence-electron chi connectivity index (χ0n) is 11.2. The van der Waals surface area contributed by atoms with Gasteiger partial charge in [-0.1, -0.05) is 23.7 Å². The number of thiophene rings is 2. The first-order valence-electron chi connectivity index (χ1n) is 6.52. The van der Waals surface area contributed by atoms with E-state index in [1.54, 1.807) is 22.7 Å². The van der Waals surface area contributed by atoms with Gasteiger partial charge < -0.3 is 10.1 Å². The van der Waals surface area contributed by atoms with Gasteiger partial charge in [0, 0.05) is 16.3 Å². The molecule has 1 atom stereocenters. The van der Waals surface area contributed by atoms with Crippen molar-refractivity contribution in [2.24, 2.45) is 0 Å². The van der Waals surface area contributed by atoms with Crippen LogP contribution >= 0.6 is 34.3 Å². The molecule has 2 aromatic rings. The number of rotatable bonds is 9. The molecule has 2 aromatic heterocycles. The second kappa shape index (κ2) is 8.60. The first-order valence-corrected chi connectivity index (χ1v) is 8.59. The Morgan fingerprint density at radius 3 is 2.85 bits per heavy atom. The van der Waals surface area contributed by atoms with Crippen molar-refractivity contribution in [3.8, 4) is 0 Å². The van der Waals surface area contributed by atoms with Gasteiger partial charge in [-0.25, -0.2) is 0 Å². The minimum atomic E-state index is 0.204. The van der Waals surface area contributed by atoms with Crippen LogP contribution in [0.1, 0.15) is 22.2 Å². The molecular formula is C15H18ClNOS2. The summed E-state index contributed by atoms with van der Waals surface area (Å²) in [4.78, 5) is 2.54. The maximum Gasteiger partial charge on any atom is 0.0931 e. The molecule has 2 heterocycles. The molecular weight excluding hydrogens is 310 g/mol. The third-order valence-corrected chi connectivity index (χ3v) is 5.00. The van der Waals surface area contributed by atoms with E-state index in [2.05, 4.69) is 35.5 Å². The minimum absolute atomic E-state index is 0.204. The summed E-state index contributed by atoms with van der Waals surface area (Å²) in [5.41, 5.74) is 0. The van der Waals surface area contributed by atoms with E-state index in [0.29, 0.717) is 6.61 Å². The van der Waals surface area contributed by atoms with Crippen LogP contribution in [-0.2, 0) is 4.74 Å². The van der Waals surface area contributed by atoms with Crippen LogP contribution in [-0.4, -0.2) is 19.8 Å². The molecule has 20 heavy (non-hydrogen) atoms. The van der Waals surface area contributed by atoms with Gasteiger partial charge in [0.05, 0.1) is 23.6 Å². The summed E-state index contributed by atoms with van der Waals surface area (Å²) in [6.07, 6.45) is 2.77. The molecule has 0 aliphatic carbocycles. The maximum absolute atomic E-state index is 6.04. The van der Waals surface area contributed by atoms with Gasteiger partial charge in [-0.3, -0.25) is 0 Å². The van der Waals surface area contributed by atoms with E-state index in [9.17, 15) is 0 Å². The van der Waals surface area contributed by atoms with E-state index < -0.39 is 0 Å². The summed E-state index contributed by atoms with van der Waals surface area (Å²) in [5.74, 6) is 0. The second-order valence-electron chi connectivity index (χ2n) is 4.23. The van der Waals surface area contributed by atoms with E-state index in [0.717, 1.165) is 23.9 Å². The van der Waals surface area contributed by atoms with E-state index in [1.165, 1.54) is 9.75 Å². The Labute approximate surface area is 133 Å². The Kier molecular flexibility index (Phi) is 6.76. The molecule has 0 fully saturated rings. The summed E-state index contributed by atoms with van der Waals surface area (Å²) in [6.45, 7) is 5.93. The van der Waals surface area contributed by atoms with Crippen LogP contribution in [0, 0.1) is 0 Å². The van der Waals surface area contributed by atoms with Crippen molar-refractivity contribution in [1.29, 1.82) is 0 Å². The fourth-order valence-electron chi connectivity index (χ4n) is 1.82. The summed E-state index contributed by atoms with van der Waals surface area (Å²) in [6, 6.07) is 8.46. The highest BCUT2D eigenvalue weighted by atomic mass is 35.5. The lowest BCUT2D eigenvalue weighted by molar-refractivity contribution is 0.139. The molecule has 2 nitrogen and oxygen atoms in total. The zero-order valence-corrected chi connectivity index (χ0v) is 13.6. The number of hydrogen-bond donors (Lipinski definition) is 1. The average molecular weight is 328 g/mol. The molecule has 0 spiro atoms. The Bertz CT molecular complexity index is 510. The first kappa shape index (κ1) is 15.7. The standard InChI is InChI=1S/C15H18ClNOS2/c1-2-3-9-18-10-8-17-15(12-5-4-11-19-12)13-6-7-14(16)20-13/h2,4-7,11,15,17H,1,3,8-10H2. The van der Waals surface area contributed by atoms with Crippen LogP contribution in [0.2, 0.25) is 4.34 Å². The van der Waals surface area contributed by atoms with Crippen molar-refractivity contribution in [1.82, 2.24) is 5.32 Å². The van der Waals surface area contributed by atoms with Gasteiger partial charge in [0.15, 0.2) is 0 Å². The van der Waals surface area contributed by atoms with Crippen LogP contribution in [0.5, 0.6) is 0 Å². The third-order valence-electron chi connectivity index (χ3n) is 2.77. The predicted molar refractivity (Wildman–Crippen MR) is 89.1 cm³/mol. The van der Waals surface area contributed by atoms with Gasteiger partial charge in [-0.2, -0.15) is 0 Å². The molecule has 2 rings (SSSR count). The van der Waals surface area contributed by atoms with Crippen molar-refractivity contribution in [3.05, 3.63) is 56.4 Å². The SMILES string of the molecule is C=CCCOCCNC(c1cccs1)c1ccc(Cl)s1. The Hall–Kier alpha value is -0.650. The normalized spacial score (nSPS) is 12.4. The van der Waals surface area contributed by atoms with Gasteiger partial charge in [0.2, 0.25) is 0 Å². The van der Waals surface area contributed by atoms with Gasteiger partial charge in [-0.05, 0) is 30.0 Å². The van der Waals surface area contributed by atoms with Crippen LogP contribution in [0.25, 0.3) is 0 Å². The molecule has 0 aliphatic rings. The number of ether oxygens (including phenoxy) is 1.